The minimum Gasteiger partial charge on any atom is -1.00 e. The van der Waals surface area contributed by atoms with Gasteiger partial charge in [-0.2, -0.15) is 0 Å². The van der Waals surface area contributed by atoms with Crippen LogP contribution in [-0.4, -0.2) is 32.6 Å². The largest absolute Gasteiger partial charge is 1.00 e. The van der Waals surface area contributed by atoms with Gasteiger partial charge in [0.2, 0.25) is 0 Å². The topological polar surface area (TPSA) is 77.8 Å². The molecule has 0 heterocycles. The van der Waals surface area contributed by atoms with Crippen LogP contribution in [0.4, 0.5) is 0 Å². The normalized spacial score (nSPS) is 8.43. The van der Waals surface area contributed by atoms with Gasteiger partial charge < -0.3 is 16.1 Å². The van der Waals surface area contributed by atoms with Crippen LogP contribution in [0.15, 0.2) is 0 Å². The Kier molecular flexibility index (Phi) is 12.1. The summed E-state index contributed by atoms with van der Waals surface area (Å²) in [5.41, 5.74) is 0. The molecule has 0 rings (SSSR count). The first-order valence-electron chi connectivity index (χ1n) is 0.783. The molecule has 0 radical (unpaired) electrons. The van der Waals surface area contributed by atoms with Crippen LogP contribution in [0.25, 0.3) is 0 Å². The first-order valence-corrected chi connectivity index (χ1v) is 2.35. The van der Waals surface area contributed by atoms with Gasteiger partial charge in [-0.25, -0.2) is 4.57 Å². The molecule has 0 bridgehead atoms. The average Bonchev–Trinajstić information content (AvgIpc) is 0.722. The van der Waals surface area contributed by atoms with Gasteiger partial charge >= 0.3 is 44.6 Å². The van der Waals surface area contributed by atoms with Gasteiger partial charge in [-0.15, -0.1) is 0 Å². The van der Waals surface area contributed by atoms with Crippen molar-refractivity contribution in [2.24, 2.45) is 0 Å². The molecule has 1 atom stereocenters. The number of hydrogen-bond donors (Lipinski definition) is 3. The monoisotopic (exact) mass is 184 g/mol. The molecule has 3 N–H and O–H groups in total. The van der Waals surface area contributed by atoms with Crippen molar-refractivity contribution >= 4 is 25.8 Å². The zero-order valence-electron chi connectivity index (χ0n) is 4.90. The summed E-state index contributed by atoms with van der Waals surface area (Å²) in [5, 5.41) is 0. The van der Waals surface area contributed by atoms with Gasteiger partial charge in [0.05, 0.1) is 0 Å². The number of phosphoric acid groups is 1. The molecule has 7 heteroatoms. The summed E-state index contributed by atoms with van der Waals surface area (Å²) in [6.07, 6.45) is 0. The maximum absolute atomic E-state index is 8.88. The SMILES string of the molecule is O=P(O)(O)O.[AsH3].[H-].[Li+]. The van der Waals surface area contributed by atoms with Crippen LogP contribution in [0.2, 0.25) is 0 Å². The van der Waals surface area contributed by atoms with Crippen LogP contribution in [0.3, 0.4) is 0 Å². The van der Waals surface area contributed by atoms with E-state index in [4.69, 9.17) is 19.2 Å². The summed E-state index contributed by atoms with van der Waals surface area (Å²) in [4.78, 5) is 21.6. The van der Waals surface area contributed by atoms with Crippen LogP contribution in [0, 0.1) is 0 Å². The molecule has 0 spiro atoms. The third-order valence-corrected chi connectivity index (χ3v) is 0. The Morgan fingerprint density at radius 3 is 1.29 bits per heavy atom. The van der Waals surface area contributed by atoms with Crippen molar-refractivity contribution in [3.05, 3.63) is 0 Å². The number of hydrogen-bond acceptors (Lipinski definition) is 1. The molecule has 0 aromatic rings. The number of rotatable bonds is 0. The van der Waals surface area contributed by atoms with Crippen molar-refractivity contribution in [3.8, 4) is 0 Å². The molecule has 42 valence electrons. The molecule has 7 heavy (non-hydrogen) atoms. The second-order valence-corrected chi connectivity index (χ2v) is 1.54. The van der Waals surface area contributed by atoms with E-state index in [0.717, 1.165) is 0 Å². The first kappa shape index (κ1) is 15.7. The van der Waals surface area contributed by atoms with E-state index in [1.165, 1.54) is 0 Å². The maximum atomic E-state index is 8.88. The van der Waals surface area contributed by atoms with Gasteiger partial charge in [-0.05, 0) is 0 Å². The maximum Gasteiger partial charge on any atom is 1.00 e. The smallest absolute Gasteiger partial charge is 1.00 e. The van der Waals surface area contributed by atoms with E-state index in [-0.39, 0.29) is 38.2 Å². The summed E-state index contributed by atoms with van der Waals surface area (Å²) in [5.74, 6) is 0. The molecule has 0 aliphatic heterocycles. The van der Waals surface area contributed by atoms with E-state index in [9.17, 15) is 0 Å². The fraction of sp³-hybridized carbons (Fsp3) is 0. The van der Waals surface area contributed by atoms with Crippen molar-refractivity contribution < 1.29 is 39.5 Å². The van der Waals surface area contributed by atoms with Crippen molar-refractivity contribution in [2.45, 2.75) is 0 Å². The zero-order chi connectivity index (χ0) is 4.50. The predicted molar refractivity (Wildman–Crippen MR) is 25.3 cm³/mol. The first-order chi connectivity index (χ1) is 2.00. The Hall–Kier alpha value is 1.27. The molecule has 0 saturated heterocycles. The third kappa shape index (κ3) is 126. The second-order valence-electron chi connectivity index (χ2n) is 0.513. The van der Waals surface area contributed by atoms with Crippen LogP contribution < -0.4 is 18.9 Å². The molecule has 0 fully saturated rings. The Labute approximate surface area is 65.5 Å². The zero-order valence-corrected chi connectivity index (χ0v) is 7.77. The molecular formula is H7AsLiO4P. The minimum atomic E-state index is -4.64. The fourth-order valence-corrected chi connectivity index (χ4v) is 0. The molecule has 4 nitrogen and oxygen atoms in total. The van der Waals surface area contributed by atoms with E-state index < -0.39 is 7.82 Å². The van der Waals surface area contributed by atoms with Crippen molar-refractivity contribution in [2.75, 3.05) is 0 Å². The van der Waals surface area contributed by atoms with Gasteiger partial charge in [0, 0.05) is 0 Å². The average molecular weight is 184 g/mol. The minimum absolute atomic E-state index is 0. The summed E-state index contributed by atoms with van der Waals surface area (Å²) >= 11 is 0. The van der Waals surface area contributed by atoms with Gasteiger partial charge in [0.25, 0.3) is 0 Å². The van der Waals surface area contributed by atoms with E-state index >= 15 is 0 Å². The van der Waals surface area contributed by atoms with E-state index in [2.05, 4.69) is 0 Å². The van der Waals surface area contributed by atoms with Crippen LogP contribution in [-0.2, 0) is 4.57 Å². The molecular weight excluding hydrogens is 177 g/mol. The molecule has 1 unspecified atom stereocenters. The van der Waals surface area contributed by atoms with Gasteiger partial charge in [0.1, 0.15) is 0 Å². The van der Waals surface area contributed by atoms with Crippen LogP contribution in [0.5, 0.6) is 0 Å². The van der Waals surface area contributed by atoms with Gasteiger partial charge in [0.15, 0.2) is 0 Å². The molecule has 0 amide bonds. The Balaban J connectivity index is -0.0000000267. The van der Waals surface area contributed by atoms with E-state index in [1.807, 2.05) is 0 Å². The van der Waals surface area contributed by atoms with Crippen LogP contribution in [0.1, 0.15) is 1.43 Å². The standard InChI is InChI=1S/AsH3.Li.H3O4P.H/c;;1-5(2,3)4;/h1H3;;(H3,1,2,3,4);/q;+1;;-1. The summed E-state index contributed by atoms with van der Waals surface area (Å²) < 4.78 is 8.88. The van der Waals surface area contributed by atoms with Crippen LogP contribution >= 0.6 is 7.82 Å². The van der Waals surface area contributed by atoms with Crippen molar-refractivity contribution in [3.63, 3.8) is 0 Å². The Bertz CT molecular complexity index is 62.2. The van der Waals surface area contributed by atoms with Crippen molar-refractivity contribution in [1.82, 2.24) is 0 Å². The molecule has 0 aromatic carbocycles. The van der Waals surface area contributed by atoms with Gasteiger partial charge in [-0.3, -0.25) is 0 Å². The Morgan fingerprint density at radius 2 is 1.29 bits per heavy atom. The molecule has 0 aromatic heterocycles. The molecule has 0 saturated carbocycles. The molecule has 0 aliphatic rings. The summed E-state index contributed by atoms with van der Waals surface area (Å²) in [6.45, 7) is 0. The van der Waals surface area contributed by atoms with Crippen molar-refractivity contribution in [1.29, 1.82) is 0 Å². The second kappa shape index (κ2) is 5.40. The van der Waals surface area contributed by atoms with Gasteiger partial charge in [-0.1, -0.05) is 0 Å². The van der Waals surface area contributed by atoms with E-state index in [0.29, 0.717) is 0 Å². The van der Waals surface area contributed by atoms with E-state index in [1.54, 1.807) is 0 Å². The molecule has 0 aliphatic carbocycles. The quantitative estimate of drug-likeness (QED) is 0.260. The fourth-order valence-electron chi connectivity index (χ4n) is 0. The predicted octanol–water partition coefficient (Wildman–Crippen LogP) is -5.00. The summed E-state index contributed by atoms with van der Waals surface area (Å²) in [6, 6.07) is 0. The Morgan fingerprint density at radius 1 is 1.29 bits per heavy atom. The summed E-state index contributed by atoms with van der Waals surface area (Å²) in [7, 11) is -4.64. The third-order valence-electron chi connectivity index (χ3n) is 0.